The van der Waals surface area contributed by atoms with Gasteiger partial charge in [0.1, 0.15) is 5.82 Å². The lowest BCUT2D eigenvalue weighted by atomic mass is 10.2. The minimum atomic E-state index is -0.177. The maximum absolute atomic E-state index is 12.8. The Morgan fingerprint density at radius 2 is 2.18 bits per heavy atom. The van der Waals surface area contributed by atoms with Crippen LogP contribution in [-0.4, -0.2) is 19.8 Å². The van der Waals surface area contributed by atoms with Gasteiger partial charge in [-0.3, -0.25) is 0 Å². The molecule has 0 aliphatic heterocycles. The van der Waals surface area contributed by atoms with Gasteiger partial charge < -0.3 is 10.1 Å². The Morgan fingerprint density at radius 3 is 2.88 bits per heavy atom. The highest BCUT2D eigenvalue weighted by atomic mass is 35.5. The molecule has 1 aromatic rings. The summed E-state index contributed by atoms with van der Waals surface area (Å²) in [5, 5.41) is 3.23. The van der Waals surface area contributed by atoms with Crippen molar-refractivity contribution in [1.82, 2.24) is 5.32 Å². The van der Waals surface area contributed by atoms with Crippen molar-refractivity contribution in [3.8, 4) is 0 Å². The minimum absolute atomic E-state index is 0. The molecule has 1 saturated carbocycles. The van der Waals surface area contributed by atoms with Crippen molar-refractivity contribution in [1.29, 1.82) is 0 Å². The molecule has 0 saturated heterocycles. The number of ether oxygens (including phenoxy) is 1. The fourth-order valence-corrected chi connectivity index (χ4v) is 1.56. The zero-order valence-electron chi connectivity index (χ0n) is 9.82. The highest BCUT2D eigenvalue weighted by Crippen LogP contribution is 2.28. The average molecular weight is 260 g/mol. The van der Waals surface area contributed by atoms with E-state index >= 15 is 0 Å². The zero-order valence-corrected chi connectivity index (χ0v) is 10.6. The van der Waals surface area contributed by atoms with Gasteiger partial charge in [0, 0.05) is 19.7 Å². The monoisotopic (exact) mass is 259 g/mol. The lowest BCUT2D eigenvalue weighted by Gasteiger charge is -2.05. The third-order valence-electron chi connectivity index (χ3n) is 2.69. The van der Waals surface area contributed by atoms with Crippen LogP contribution in [0.3, 0.4) is 0 Å². The summed E-state index contributed by atoms with van der Waals surface area (Å²) in [5.74, 6) is 0.646. The van der Waals surface area contributed by atoms with Crippen molar-refractivity contribution in [3.63, 3.8) is 0 Å². The van der Waals surface area contributed by atoms with E-state index in [-0.39, 0.29) is 18.2 Å². The Kier molecular flexibility index (Phi) is 6.48. The van der Waals surface area contributed by atoms with Crippen molar-refractivity contribution in [2.75, 3.05) is 19.8 Å². The molecular formula is C13H19ClFNO. The molecule has 1 N–H and O–H groups in total. The molecule has 1 aliphatic rings. The van der Waals surface area contributed by atoms with Gasteiger partial charge in [-0.05, 0) is 36.5 Å². The maximum atomic E-state index is 12.8. The summed E-state index contributed by atoms with van der Waals surface area (Å²) in [7, 11) is 0. The standard InChI is InChI=1S/C13H18FNO.ClH/c14-13-3-1-2-12(8-13)9-15-6-7-16-10-11-4-5-11;/h1-3,8,11,15H,4-7,9-10H2;1H. The first-order chi connectivity index (χ1) is 7.84. The molecule has 0 heterocycles. The van der Waals surface area contributed by atoms with Crippen molar-refractivity contribution in [3.05, 3.63) is 35.6 Å². The summed E-state index contributed by atoms with van der Waals surface area (Å²) in [6.07, 6.45) is 2.66. The molecule has 1 fully saturated rings. The Balaban J connectivity index is 0.00000144. The van der Waals surface area contributed by atoms with Crippen LogP contribution >= 0.6 is 12.4 Å². The molecule has 17 heavy (non-hydrogen) atoms. The van der Waals surface area contributed by atoms with Gasteiger partial charge in [0.25, 0.3) is 0 Å². The van der Waals surface area contributed by atoms with E-state index in [9.17, 15) is 4.39 Å². The van der Waals surface area contributed by atoms with Crippen LogP contribution in [0.15, 0.2) is 24.3 Å². The molecule has 2 rings (SSSR count). The molecule has 0 radical (unpaired) electrons. The van der Waals surface area contributed by atoms with E-state index in [1.54, 1.807) is 12.1 Å². The summed E-state index contributed by atoms with van der Waals surface area (Å²) in [6, 6.07) is 6.66. The van der Waals surface area contributed by atoms with Crippen LogP contribution in [0.5, 0.6) is 0 Å². The maximum Gasteiger partial charge on any atom is 0.123 e. The molecule has 4 heteroatoms. The Morgan fingerprint density at radius 1 is 1.35 bits per heavy atom. The number of rotatable bonds is 7. The largest absolute Gasteiger partial charge is 0.380 e. The van der Waals surface area contributed by atoms with E-state index in [0.717, 1.165) is 31.2 Å². The molecule has 1 aromatic carbocycles. The van der Waals surface area contributed by atoms with Gasteiger partial charge in [-0.2, -0.15) is 0 Å². The van der Waals surface area contributed by atoms with Crippen molar-refractivity contribution in [2.45, 2.75) is 19.4 Å². The molecule has 0 aromatic heterocycles. The van der Waals surface area contributed by atoms with Crippen molar-refractivity contribution >= 4 is 12.4 Å². The topological polar surface area (TPSA) is 21.3 Å². The van der Waals surface area contributed by atoms with Crippen LogP contribution in [0.25, 0.3) is 0 Å². The SMILES string of the molecule is Cl.Fc1cccc(CNCCOCC2CC2)c1. The second-order valence-electron chi connectivity index (χ2n) is 4.32. The second kappa shape index (κ2) is 7.64. The van der Waals surface area contributed by atoms with E-state index in [1.807, 2.05) is 6.07 Å². The fraction of sp³-hybridized carbons (Fsp3) is 0.538. The second-order valence-corrected chi connectivity index (χ2v) is 4.32. The molecule has 0 amide bonds. The first-order valence-corrected chi connectivity index (χ1v) is 5.87. The van der Waals surface area contributed by atoms with E-state index in [4.69, 9.17) is 4.74 Å². The van der Waals surface area contributed by atoms with E-state index in [1.165, 1.54) is 18.9 Å². The third kappa shape index (κ3) is 6.01. The third-order valence-corrected chi connectivity index (χ3v) is 2.69. The van der Waals surface area contributed by atoms with Gasteiger partial charge in [0.15, 0.2) is 0 Å². The van der Waals surface area contributed by atoms with Crippen LogP contribution in [0, 0.1) is 11.7 Å². The predicted octanol–water partition coefficient (Wildman–Crippen LogP) is 2.76. The van der Waals surface area contributed by atoms with Gasteiger partial charge in [0.2, 0.25) is 0 Å². The van der Waals surface area contributed by atoms with Crippen LogP contribution in [0.1, 0.15) is 18.4 Å². The number of nitrogens with one attached hydrogen (secondary N) is 1. The molecule has 0 unspecified atom stereocenters. The quantitative estimate of drug-likeness (QED) is 0.761. The van der Waals surface area contributed by atoms with Crippen molar-refractivity contribution < 1.29 is 9.13 Å². The van der Waals surface area contributed by atoms with E-state index in [2.05, 4.69) is 5.32 Å². The van der Waals surface area contributed by atoms with Crippen LogP contribution < -0.4 is 5.32 Å². The molecule has 0 bridgehead atoms. The van der Waals surface area contributed by atoms with Gasteiger partial charge >= 0.3 is 0 Å². The molecular weight excluding hydrogens is 241 g/mol. The van der Waals surface area contributed by atoms with Gasteiger partial charge in [-0.1, -0.05) is 12.1 Å². The van der Waals surface area contributed by atoms with Gasteiger partial charge in [0.05, 0.1) is 6.61 Å². The number of halogens is 2. The summed E-state index contributed by atoms with van der Waals surface area (Å²) in [6.45, 7) is 3.17. The molecule has 1 aliphatic carbocycles. The Bertz CT molecular complexity index is 331. The molecule has 2 nitrogen and oxygen atoms in total. The summed E-state index contributed by atoms with van der Waals surface area (Å²) in [4.78, 5) is 0. The number of hydrogen-bond donors (Lipinski definition) is 1. The fourth-order valence-electron chi connectivity index (χ4n) is 1.56. The highest BCUT2D eigenvalue weighted by molar-refractivity contribution is 5.85. The normalized spacial score (nSPS) is 14.4. The Labute approximate surface area is 108 Å². The number of benzene rings is 1. The summed E-state index contributed by atoms with van der Waals surface area (Å²) < 4.78 is 18.3. The first-order valence-electron chi connectivity index (χ1n) is 5.87. The summed E-state index contributed by atoms with van der Waals surface area (Å²) >= 11 is 0. The first kappa shape index (κ1) is 14.4. The lowest BCUT2D eigenvalue weighted by molar-refractivity contribution is 0.126. The zero-order chi connectivity index (χ0) is 11.2. The molecule has 0 spiro atoms. The summed E-state index contributed by atoms with van der Waals surface area (Å²) in [5.41, 5.74) is 0.974. The molecule has 0 atom stereocenters. The minimum Gasteiger partial charge on any atom is -0.380 e. The van der Waals surface area contributed by atoms with Crippen LogP contribution in [-0.2, 0) is 11.3 Å². The van der Waals surface area contributed by atoms with E-state index in [0.29, 0.717) is 6.54 Å². The van der Waals surface area contributed by atoms with Crippen LogP contribution in [0.2, 0.25) is 0 Å². The van der Waals surface area contributed by atoms with E-state index < -0.39 is 0 Å². The Hall–Kier alpha value is -0.640. The molecule has 96 valence electrons. The predicted molar refractivity (Wildman–Crippen MR) is 68.9 cm³/mol. The van der Waals surface area contributed by atoms with Crippen molar-refractivity contribution in [2.24, 2.45) is 5.92 Å². The average Bonchev–Trinajstić information content (AvgIpc) is 3.07. The number of hydrogen-bond acceptors (Lipinski definition) is 2. The van der Waals surface area contributed by atoms with Gasteiger partial charge in [-0.15, -0.1) is 12.4 Å². The smallest absolute Gasteiger partial charge is 0.123 e. The lowest BCUT2D eigenvalue weighted by Crippen LogP contribution is -2.19. The highest BCUT2D eigenvalue weighted by Gasteiger charge is 2.20. The van der Waals surface area contributed by atoms with Crippen LogP contribution in [0.4, 0.5) is 4.39 Å². The van der Waals surface area contributed by atoms with Gasteiger partial charge in [-0.25, -0.2) is 4.39 Å².